The molecular weight excluding hydrogens is 408 g/mol. The number of hydrogen-bond donors (Lipinski definition) is 3. The van der Waals surface area contributed by atoms with Crippen LogP contribution in [0.25, 0.3) is 0 Å². The Kier molecular flexibility index (Phi) is 8.33. The highest BCUT2D eigenvalue weighted by atomic mass is 16.5. The normalized spacial score (nSPS) is 14.0. The monoisotopic (exact) mass is 440 g/mol. The number of benzene rings is 2. The van der Waals surface area contributed by atoms with Gasteiger partial charge in [-0.1, -0.05) is 19.1 Å². The van der Waals surface area contributed by atoms with Crippen LogP contribution in [0.15, 0.2) is 42.5 Å². The molecule has 172 valence electrons. The van der Waals surface area contributed by atoms with Gasteiger partial charge in [-0.15, -0.1) is 0 Å². The molecule has 2 aromatic rings. The van der Waals surface area contributed by atoms with Crippen molar-refractivity contribution in [2.24, 2.45) is 5.92 Å². The maximum Gasteiger partial charge on any atom is 0.323 e. The predicted molar refractivity (Wildman–Crippen MR) is 127 cm³/mol. The van der Waals surface area contributed by atoms with Crippen molar-refractivity contribution in [1.82, 2.24) is 5.32 Å². The lowest BCUT2D eigenvalue weighted by Gasteiger charge is -2.33. The SMILES string of the molecule is COCCNC(=O)c1cc(NC(=O)Nc2ccccc2OC)ccc1N1CCC(C)CC1. The quantitative estimate of drug-likeness (QED) is 0.541. The van der Waals surface area contributed by atoms with Crippen LogP contribution in [0.2, 0.25) is 0 Å². The van der Waals surface area contributed by atoms with Gasteiger partial charge in [0.2, 0.25) is 0 Å². The highest BCUT2D eigenvalue weighted by molar-refractivity contribution is 6.04. The van der Waals surface area contributed by atoms with Crippen molar-refractivity contribution < 1.29 is 19.1 Å². The molecule has 1 aliphatic rings. The zero-order valence-corrected chi connectivity index (χ0v) is 18.9. The molecule has 0 aliphatic carbocycles. The van der Waals surface area contributed by atoms with Gasteiger partial charge in [0.05, 0.1) is 25.0 Å². The van der Waals surface area contributed by atoms with Crippen molar-refractivity contribution >= 4 is 29.0 Å². The maximum atomic E-state index is 12.9. The standard InChI is InChI=1S/C24H32N4O4/c1-17-10-13-28(14-11-17)21-9-8-18(16-19(21)23(29)25-12-15-31-2)26-24(30)27-20-6-4-5-7-22(20)32-3/h4-9,16-17H,10-15H2,1-3H3,(H,25,29)(H2,26,27,30). The lowest BCUT2D eigenvalue weighted by atomic mass is 9.98. The van der Waals surface area contributed by atoms with Crippen LogP contribution in [0.4, 0.5) is 21.9 Å². The Balaban J connectivity index is 1.78. The van der Waals surface area contributed by atoms with Crippen LogP contribution >= 0.6 is 0 Å². The second-order valence-corrected chi connectivity index (χ2v) is 7.93. The number of carbonyl (C=O) groups excluding carboxylic acids is 2. The number of piperidine rings is 1. The summed E-state index contributed by atoms with van der Waals surface area (Å²) in [6, 6.07) is 12.2. The lowest BCUT2D eigenvalue weighted by Crippen LogP contribution is -2.35. The van der Waals surface area contributed by atoms with E-state index in [1.807, 2.05) is 24.3 Å². The first-order valence-electron chi connectivity index (χ1n) is 10.9. The number of anilines is 3. The summed E-state index contributed by atoms with van der Waals surface area (Å²) >= 11 is 0. The molecule has 8 nitrogen and oxygen atoms in total. The van der Waals surface area contributed by atoms with E-state index in [1.165, 1.54) is 0 Å². The first kappa shape index (κ1) is 23.4. The Morgan fingerprint density at radius 3 is 2.53 bits per heavy atom. The van der Waals surface area contributed by atoms with Gasteiger partial charge in [-0.25, -0.2) is 4.79 Å². The molecule has 0 spiro atoms. The van der Waals surface area contributed by atoms with Gasteiger partial charge in [-0.05, 0) is 49.1 Å². The van der Waals surface area contributed by atoms with Gasteiger partial charge < -0.3 is 30.3 Å². The fourth-order valence-electron chi connectivity index (χ4n) is 3.72. The number of urea groups is 1. The van der Waals surface area contributed by atoms with Crippen LogP contribution < -0.4 is 25.6 Å². The molecule has 3 amide bonds. The average molecular weight is 441 g/mol. The van der Waals surface area contributed by atoms with Crippen LogP contribution in [-0.4, -0.2) is 52.4 Å². The molecule has 3 N–H and O–H groups in total. The van der Waals surface area contributed by atoms with E-state index in [1.54, 1.807) is 32.4 Å². The summed E-state index contributed by atoms with van der Waals surface area (Å²) in [5.74, 6) is 1.06. The van der Waals surface area contributed by atoms with Crippen molar-refractivity contribution in [3.63, 3.8) is 0 Å². The van der Waals surface area contributed by atoms with Crippen LogP contribution in [0, 0.1) is 5.92 Å². The Labute approximate surface area is 189 Å². The van der Waals surface area contributed by atoms with E-state index >= 15 is 0 Å². The van der Waals surface area contributed by atoms with Crippen molar-refractivity contribution in [3.05, 3.63) is 48.0 Å². The first-order valence-corrected chi connectivity index (χ1v) is 10.9. The van der Waals surface area contributed by atoms with E-state index in [0.717, 1.165) is 31.6 Å². The van der Waals surface area contributed by atoms with E-state index in [2.05, 4.69) is 27.8 Å². The van der Waals surface area contributed by atoms with Crippen LogP contribution in [0.3, 0.4) is 0 Å². The molecule has 1 aliphatic heterocycles. The van der Waals surface area contributed by atoms with Crippen molar-refractivity contribution in [2.75, 3.05) is 56.0 Å². The van der Waals surface area contributed by atoms with Gasteiger partial charge in [-0.2, -0.15) is 0 Å². The van der Waals surface area contributed by atoms with E-state index in [4.69, 9.17) is 9.47 Å². The number of amides is 3. The molecule has 0 unspecified atom stereocenters. The highest BCUT2D eigenvalue weighted by Crippen LogP contribution is 2.29. The summed E-state index contributed by atoms with van der Waals surface area (Å²) in [6.07, 6.45) is 2.18. The molecule has 2 aromatic carbocycles. The average Bonchev–Trinajstić information content (AvgIpc) is 2.80. The summed E-state index contributed by atoms with van der Waals surface area (Å²) in [5, 5.41) is 8.48. The smallest absolute Gasteiger partial charge is 0.323 e. The van der Waals surface area contributed by atoms with Gasteiger partial charge in [0.25, 0.3) is 5.91 Å². The van der Waals surface area contributed by atoms with Gasteiger partial charge in [0.15, 0.2) is 0 Å². The topological polar surface area (TPSA) is 91.9 Å². The van der Waals surface area contributed by atoms with E-state index < -0.39 is 6.03 Å². The molecular formula is C24H32N4O4. The second-order valence-electron chi connectivity index (χ2n) is 7.93. The van der Waals surface area contributed by atoms with Gasteiger partial charge in [-0.3, -0.25) is 4.79 Å². The van der Waals surface area contributed by atoms with Crippen LogP contribution in [0.1, 0.15) is 30.1 Å². The van der Waals surface area contributed by atoms with E-state index in [9.17, 15) is 9.59 Å². The summed E-state index contributed by atoms with van der Waals surface area (Å²) in [6.45, 7) is 4.91. The second kappa shape index (κ2) is 11.4. The fraction of sp³-hybridized carbons (Fsp3) is 0.417. The summed E-state index contributed by atoms with van der Waals surface area (Å²) < 4.78 is 10.3. The molecule has 1 fully saturated rings. The van der Waals surface area contributed by atoms with Crippen molar-refractivity contribution in [2.45, 2.75) is 19.8 Å². The minimum absolute atomic E-state index is 0.190. The molecule has 32 heavy (non-hydrogen) atoms. The largest absolute Gasteiger partial charge is 0.495 e. The molecule has 0 aromatic heterocycles. The Bertz CT molecular complexity index is 926. The number of ether oxygens (including phenoxy) is 2. The zero-order chi connectivity index (χ0) is 22.9. The first-order chi connectivity index (χ1) is 15.5. The Morgan fingerprint density at radius 1 is 1.06 bits per heavy atom. The minimum atomic E-state index is -0.417. The number of para-hydroxylation sites is 2. The molecule has 8 heteroatoms. The number of rotatable bonds is 8. The minimum Gasteiger partial charge on any atom is -0.495 e. The van der Waals surface area contributed by atoms with Crippen LogP contribution in [-0.2, 0) is 4.74 Å². The molecule has 3 rings (SSSR count). The molecule has 0 atom stereocenters. The van der Waals surface area contributed by atoms with Gasteiger partial charge in [0.1, 0.15) is 5.75 Å². The number of methoxy groups -OCH3 is 2. The summed E-state index contributed by atoms with van der Waals surface area (Å²) in [5.41, 5.74) is 2.50. The number of nitrogens with one attached hydrogen (secondary N) is 3. The molecule has 1 saturated heterocycles. The highest BCUT2D eigenvalue weighted by Gasteiger charge is 2.22. The van der Waals surface area contributed by atoms with E-state index in [-0.39, 0.29) is 5.91 Å². The lowest BCUT2D eigenvalue weighted by molar-refractivity contribution is 0.0937. The maximum absolute atomic E-state index is 12.9. The molecule has 0 radical (unpaired) electrons. The van der Waals surface area contributed by atoms with Crippen molar-refractivity contribution in [3.8, 4) is 5.75 Å². The zero-order valence-electron chi connectivity index (χ0n) is 18.9. The van der Waals surface area contributed by atoms with E-state index in [0.29, 0.717) is 41.8 Å². The molecule has 1 heterocycles. The number of nitrogens with zero attached hydrogens (tertiary/aromatic N) is 1. The Hall–Kier alpha value is -3.26. The summed E-state index contributed by atoms with van der Waals surface area (Å²) in [7, 11) is 3.14. The third-order valence-electron chi connectivity index (χ3n) is 5.57. The third kappa shape index (κ3) is 6.13. The van der Waals surface area contributed by atoms with Gasteiger partial charge in [0, 0.05) is 38.1 Å². The molecule has 0 bridgehead atoms. The predicted octanol–water partition coefficient (Wildman–Crippen LogP) is 3.95. The third-order valence-corrected chi connectivity index (χ3v) is 5.57. The van der Waals surface area contributed by atoms with Crippen LogP contribution in [0.5, 0.6) is 5.75 Å². The fourth-order valence-corrected chi connectivity index (χ4v) is 3.72. The van der Waals surface area contributed by atoms with Gasteiger partial charge >= 0.3 is 6.03 Å². The summed E-state index contributed by atoms with van der Waals surface area (Å²) in [4.78, 5) is 27.7. The number of hydrogen-bond acceptors (Lipinski definition) is 5. The van der Waals surface area contributed by atoms with Crippen molar-refractivity contribution in [1.29, 1.82) is 0 Å². The Morgan fingerprint density at radius 2 is 1.81 bits per heavy atom. The molecule has 0 saturated carbocycles. The number of carbonyl (C=O) groups is 2.